The number of aliphatic imine (C=N–C) groups is 1. The van der Waals surface area contributed by atoms with Crippen LogP contribution in [0.3, 0.4) is 0 Å². The van der Waals surface area contributed by atoms with Crippen LogP contribution < -0.4 is 0 Å². The van der Waals surface area contributed by atoms with Gasteiger partial charge in [-0.25, -0.2) is 4.98 Å². The quantitative estimate of drug-likeness (QED) is 0.830. The van der Waals surface area contributed by atoms with Crippen LogP contribution in [0.4, 0.5) is 0 Å². The normalized spacial score (nSPS) is 22.4. The van der Waals surface area contributed by atoms with Crippen LogP contribution in [0.15, 0.2) is 28.2 Å². The molecule has 1 atom stereocenters. The van der Waals surface area contributed by atoms with E-state index in [0.29, 0.717) is 6.10 Å². The number of fused-ring (bicyclic) bond motifs is 2. The van der Waals surface area contributed by atoms with E-state index in [1.165, 1.54) is 28.5 Å². The molecule has 4 rings (SSSR count). The Balaban J connectivity index is 1.70. The van der Waals surface area contributed by atoms with E-state index >= 15 is 0 Å². The monoisotopic (exact) mass is 341 g/mol. The number of amidine groups is 1. The largest absolute Gasteiger partial charge is 0.376 e. The third-order valence-electron chi connectivity index (χ3n) is 4.75. The number of thioether (sulfide) groups is 1. The highest BCUT2D eigenvalue weighted by atomic mass is 32.2. The molecule has 5 heteroatoms. The van der Waals surface area contributed by atoms with Crippen molar-refractivity contribution in [1.82, 2.24) is 9.88 Å². The number of hydrogen-bond acceptors (Lipinski definition) is 4. The van der Waals surface area contributed by atoms with E-state index in [-0.39, 0.29) is 0 Å². The molecule has 0 spiro atoms. The van der Waals surface area contributed by atoms with Crippen LogP contribution in [0, 0.1) is 13.8 Å². The summed E-state index contributed by atoms with van der Waals surface area (Å²) in [5.74, 6) is 0. The molecule has 2 aromatic rings. The van der Waals surface area contributed by atoms with Gasteiger partial charge in [0.25, 0.3) is 0 Å². The number of pyridine rings is 1. The molecule has 0 saturated carbocycles. The van der Waals surface area contributed by atoms with Crippen molar-refractivity contribution in [2.24, 2.45) is 4.99 Å². The van der Waals surface area contributed by atoms with Gasteiger partial charge in [-0.05, 0) is 56.1 Å². The predicted molar refractivity (Wildman–Crippen MR) is 99.8 cm³/mol. The van der Waals surface area contributed by atoms with Gasteiger partial charge in [0.15, 0.2) is 5.17 Å². The van der Waals surface area contributed by atoms with Crippen LogP contribution in [0.2, 0.25) is 0 Å². The molecular weight excluding hydrogens is 318 g/mol. The summed E-state index contributed by atoms with van der Waals surface area (Å²) < 4.78 is 5.82. The highest BCUT2D eigenvalue weighted by molar-refractivity contribution is 8.13. The lowest BCUT2D eigenvalue weighted by molar-refractivity contribution is 0.0903. The fourth-order valence-electron chi connectivity index (χ4n) is 3.67. The van der Waals surface area contributed by atoms with Crippen molar-refractivity contribution in [3.8, 4) is 0 Å². The highest BCUT2D eigenvalue weighted by Gasteiger charge is 2.27. The second kappa shape index (κ2) is 6.37. The Labute approximate surface area is 147 Å². The average molecular weight is 341 g/mol. The van der Waals surface area contributed by atoms with Crippen molar-refractivity contribution >= 4 is 27.8 Å². The van der Waals surface area contributed by atoms with Crippen LogP contribution >= 0.6 is 11.8 Å². The van der Waals surface area contributed by atoms with E-state index in [9.17, 15) is 0 Å². The first kappa shape index (κ1) is 15.9. The van der Waals surface area contributed by atoms with Gasteiger partial charge < -0.3 is 9.64 Å². The molecule has 2 aliphatic heterocycles. The number of nitrogens with zero attached hydrogens (tertiary/aromatic N) is 3. The zero-order valence-corrected chi connectivity index (χ0v) is 15.3. The summed E-state index contributed by atoms with van der Waals surface area (Å²) in [6.45, 7) is 6.97. The van der Waals surface area contributed by atoms with Gasteiger partial charge in [-0.3, -0.25) is 4.99 Å². The molecule has 1 fully saturated rings. The molecule has 24 heavy (non-hydrogen) atoms. The Hall–Kier alpha value is -1.59. The van der Waals surface area contributed by atoms with Crippen LogP contribution in [0.1, 0.15) is 29.5 Å². The van der Waals surface area contributed by atoms with E-state index in [1.807, 2.05) is 7.05 Å². The molecule has 1 saturated heterocycles. The molecular formula is C19H23N3OS. The van der Waals surface area contributed by atoms with Crippen LogP contribution in [-0.4, -0.2) is 41.4 Å². The third-order valence-corrected chi connectivity index (χ3v) is 5.92. The topological polar surface area (TPSA) is 37.7 Å². The van der Waals surface area contributed by atoms with Gasteiger partial charge in [-0.1, -0.05) is 11.6 Å². The number of aryl methyl sites for hydroxylation is 2. The number of hydrogen-bond donors (Lipinski definition) is 0. The molecule has 0 bridgehead atoms. The minimum absolute atomic E-state index is 0.335. The number of benzene rings is 1. The Kier molecular flexibility index (Phi) is 4.22. The summed E-state index contributed by atoms with van der Waals surface area (Å²) in [4.78, 5) is 11.8. The van der Waals surface area contributed by atoms with E-state index < -0.39 is 0 Å². The van der Waals surface area contributed by atoms with Crippen LogP contribution in [0.25, 0.3) is 10.9 Å². The Morgan fingerprint density at radius 2 is 2.21 bits per heavy atom. The van der Waals surface area contributed by atoms with Crippen LogP contribution in [0.5, 0.6) is 0 Å². The molecule has 2 aliphatic rings. The first-order chi connectivity index (χ1) is 11.6. The fraction of sp³-hybridized carbons (Fsp3) is 0.474. The molecule has 0 radical (unpaired) electrons. The van der Waals surface area contributed by atoms with Crippen molar-refractivity contribution in [3.05, 3.63) is 34.9 Å². The van der Waals surface area contributed by atoms with Gasteiger partial charge >= 0.3 is 0 Å². The molecule has 1 aromatic heterocycles. The molecule has 3 heterocycles. The zero-order valence-electron chi connectivity index (χ0n) is 14.5. The molecule has 4 nitrogen and oxygen atoms in total. The lowest BCUT2D eigenvalue weighted by Gasteiger charge is -2.32. The Morgan fingerprint density at radius 3 is 2.96 bits per heavy atom. The SMILES string of the molecule is CN=C1Sc2nc3c(C)cc(C)cc3cc2CN1C[C@H]1CCCO1. The zero-order chi connectivity index (χ0) is 16.7. The van der Waals surface area contributed by atoms with Crippen molar-refractivity contribution in [1.29, 1.82) is 0 Å². The summed E-state index contributed by atoms with van der Waals surface area (Å²) in [6.07, 6.45) is 2.66. The van der Waals surface area contributed by atoms with E-state index in [4.69, 9.17) is 9.72 Å². The van der Waals surface area contributed by atoms with Crippen LogP contribution in [-0.2, 0) is 11.3 Å². The summed E-state index contributed by atoms with van der Waals surface area (Å²) in [7, 11) is 1.87. The summed E-state index contributed by atoms with van der Waals surface area (Å²) in [6, 6.07) is 6.74. The standard InChI is InChI=1S/C19H23N3OS/c1-12-7-13(2)17-14(8-12)9-15-10-22(11-16-5-4-6-23-16)19(20-3)24-18(15)21-17/h7-9,16H,4-6,10-11H2,1-3H3/t16-/m1/s1. The van der Waals surface area contributed by atoms with E-state index in [2.05, 4.69) is 41.9 Å². The maximum Gasteiger partial charge on any atom is 0.165 e. The minimum atomic E-state index is 0.335. The van der Waals surface area contributed by atoms with E-state index in [1.54, 1.807) is 11.8 Å². The second-order valence-corrected chi connectivity index (χ2v) is 7.69. The average Bonchev–Trinajstić information content (AvgIpc) is 3.05. The summed E-state index contributed by atoms with van der Waals surface area (Å²) in [5.41, 5.74) is 4.93. The molecule has 0 aliphatic carbocycles. The third kappa shape index (κ3) is 2.91. The summed E-state index contributed by atoms with van der Waals surface area (Å²) in [5, 5.41) is 3.38. The van der Waals surface area contributed by atoms with Gasteiger partial charge in [0.05, 0.1) is 11.6 Å². The smallest absolute Gasteiger partial charge is 0.165 e. The minimum Gasteiger partial charge on any atom is -0.376 e. The van der Waals surface area contributed by atoms with Gasteiger partial charge in [0, 0.05) is 37.7 Å². The van der Waals surface area contributed by atoms with Gasteiger partial charge in [0.1, 0.15) is 5.03 Å². The number of rotatable bonds is 2. The highest BCUT2D eigenvalue weighted by Crippen LogP contribution is 2.34. The summed E-state index contributed by atoms with van der Waals surface area (Å²) >= 11 is 1.69. The van der Waals surface area contributed by atoms with Gasteiger partial charge in [-0.15, -0.1) is 0 Å². The molecule has 0 N–H and O–H groups in total. The lowest BCUT2D eigenvalue weighted by Crippen LogP contribution is -2.37. The predicted octanol–water partition coefficient (Wildman–Crippen LogP) is 3.92. The Bertz CT molecular complexity index is 812. The van der Waals surface area contributed by atoms with Gasteiger partial charge in [0.2, 0.25) is 0 Å². The maximum atomic E-state index is 5.82. The molecule has 126 valence electrons. The van der Waals surface area contributed by atoms with Crippen molar-refractivity contribution in [2.75, 3.05) is 20.2 Å². The first-order valence-electron chi connectivity index (χ1n) is 8.56. The molecule has 0 unspecified atom stereocenters. The number of ether oxygens (including phenoxy) is 1. The maximum absolute atomic E-state index is 5.82. The number of aromatic nitrogens is 1. The molecule has 0 amide bonds. The lowest BCUT2D eigenvalue weighted by atomic mass is 10.1. The van der Waals surface area contributed by atoms with Crippen molar-refractivity contribution in [2.45, 2.75) is 44.4 Å². The first-order valence-corrected chi connectivity index (χ1v) is 9.38. The second-order valence-electron chi connectivity index (χ2n) is 6.73. The van der Waals surface area contributed by atoms with Gasteiger partial charge in [-0.2, -0.15) is 0 Å². The Morgan fingerprint density at radius 1 is 1.33 bits per heavy atom. The van der Waals surface area contributed by atoms with E-state index in [0.717, 1.165) is 41.8 Å². The van der Waals surface area contributed by atoms with Crippen molar-refractivity contribution < 1.29 is 4.74 Å². The molecule has 1 aromatic carbocycles. The fourth-order valence-corrected chi connectivity index (χ4v) is 4.59. The van der Waals surface area contributed by atoms with Crippen molar-refractivity contribution in [3.63, 3.8) is 0 Å².